The van der Waals surface area contributed by atoms with Crippen LogP contribution in [0.15, 0.2) is 42.5 Å². The first-order valence-corrected chi connectivity index (χ1v) is 8.46. The van der Waals surface area contributed by atoms with Gasteiger partial charge in [0, 0.05) is 0 Å². The lowest BCUT2D eigenvalue weighted by Crippen LogP contribution is -2.39. The van der Waals surface area contributed by atoms with Gasteiger partial charge in [0.1, 0.15) is 24.7 Å². The van der Waals surface area contributed by atoms with E-state index in [1.807, 2.05) is 32.0 Å². The highest BCUT2D eigenvalue weighted by atomic mass is 16.6. The number of esters is 1. The zero-order valence-electron chi connectivity index (χ0n) is 14.8. The number of rotatable bonds is 6. The molecule has 1 atom stereocenters. The number of ether oxygens (including phenoxy) is 3. The van der Waals surface area contributed by atoms with Crippen molar-refractivity contribution in [2.75, 3.05) is 18.5 Å². The van der Waals surface area contributed by atoms with E-state index in [-0.39, 0.29) is 25.5 Å². The van der Waals surface area contributed by atoms with Gasteiger partial charge in [-0.1, -0.05) is 30.3 Å². The van der Waals surface area contributed by atoms with Gasteiger partial charge >= 0.3 is 5.97 Å². The molecule has 0 unspecified atom stereocenters. The molecule has 0 spiro atoms. The van der Waals surface area contributed by atoms with E-state index in [9.17, 15) is 9.59 Å². The summed E-state index contributed by atoms with van der Waals surface area (Å²) < 4.78 is 16.4. The van der Waals surface area contributed by atoms with E-state index >= 15 is 0 Å². The Bertz CT molecular complexity index is 797. The van der Waals surface area contributed by atoms with Crippen LogP contribution >= 0.6 is 0 Å². The fourth-order valence-electron chi connectivity index (χ4n) is 2.76. The molecule has 6 heteroatoms. The largest absolute Gasteiger partial charge is 0.489 e. The van der Waals surface area contributed by atoms with Crippen molar-refractivity contribution in [1.29, 1.82) is 0 Å². The number of anilines is 1. The smallest absolute Gasteiger partial charge is 0.310 e. The highest BCUT2D eigenvalue weighted by Gasteiger charge is 2.30. The highest BCUT2D eigenvalue weighted by molar-refractivity contribution is 5.99. The van der Waals surface area contributed by atoms with E-state index in [2.05, 4.69) is 5.32 Å². The average molecular weight is 355 g/mol. The number of aryl methyl sites for hydroxylation is 2. The second-order valence-electron chi connectivity index (χ2n) is 6.09. The van der Waals surface area contributed by atoms with Crippen LogP contribution in [0.4, 0.5) is 5.69 Å². The summed E-state index contributed by atoms with van der Waals surface area (Å²) in [6.45, 7) is 4.28. The number of para-hydroxylation sites is 3. The number of carbonyl (C=O) groups excluding carboxylic acids is 2. The van der Waals surface area contributed by atoms with Crippen molar-refractivity contribution in [2.24, 2.45) is 0 Å². The minimum Gasteiger partial charge on any atom is -0.489 e. The highest BCUT2D eigenvalue weighted by Crippen LogP contribution is 2.29. The SMILES string of the molecule is Cc1cccc(C)c1OCCOC(=O)C[C@@H]1Oc2ccccc2NC1=O. The molecule has 0 saturated heterocycles. The Labute approximate surface area is 152 Å². The molecule has 3 rings (SSSR count). The molecular formula is C20H21NO5. The molecule has 26 heavy (non-hydrogen) atoms. The van der Waals surface area contributed by atoms with Crippen molar-refractivity contribution < 1.29 is 23.8 Å². The zero-order valence-corrected chi connectivity index (χ0v) is 14.8. The Morgan fingerprint density at radius 3 is 2.58 bits per heavy atom. The second-order valence-corrected chi connectivity index (χ2v) is 6.09. The van der Waals surface area contributed by atoms with Gasteiger partial charge in [-0.15, -0.1) is 0 Å². The van der Waals surface area contributed by atoms with Crippen LogP contribution in [0.25, 0.3) is 0 Å². The lowest BCUT2D eigenvalue weighted by molar-refractivity contribution is -0.148. The van der Waals surface area contributed by atoms with Crippen LogP contribution in [0.2, 0.25) is 0 Å². The van der Waals surface area contributed by atoms with Crippen molar-refractivity contribution in [3.05, 3.63) is 53.6 Å². The van der Waals surface area contributed by atoms with Gasteiger partial charge in [-0.2, -0.15) is 0 Å². The molecule has 1 heterocycles. The number of amides is 1. The molecule has 1 aliphatic heterocycles. The minimum atomic E-state index is -0.892. The summed E-state index contributed by atoms with van der Waals surface area (Å²) in [7, 11) is 0. The number of carbonyl (C=O) groups is 2. The first-order chi connectivity index (χ1) is 12.5. The maximum atomic E-state index is 12.0. The van der Waals surface area contributed by atoms with Gasteiger partial charge in [0.15, 0.2) is 6.10 Å². The van der Waals surface area contributed by atoms with Crippen LogP contribution in [0.1, 0.15) is 17.5 Å². The zero-order chi connectivity index (χ0) is 18.5. The van der Waals surface area contributed by atoms with E-state index in [1.165, 1.54) is 0 Å². The van der Waals surface area contributed by atoms with Gasteiger partial charge in [-0.25, -0.2) is 0 Å². The Balaban J connectivity index is 1.45. The predicted molar refractivity (Wildman–Crippen MR) is 96.5 cm³/mol. The molecule has 0 aliphatic carbocycles. The molecular weight excluding hydrogens is 334 g/mol. The summed E-state index contributed by atoms with van der Waals surface area (Å²) in [4.78, 5) is 24.0. The number of benzene rings is 2. The van der Waals surface area contributed by atoms with Gasteiger partial charge in [0.05, 0.1) is 12.1 Å². The van der Waals surface area contributed by atoms with Gasteiger partial charge in [0.2, 0.25) is 0 Å². The number of nitrogens with one attached hydrogen (secondary N) is 1. The van der Waals surface area contributed by atoms with Crippen LogP contribution in [0.5, 0.6) is 11.5 Å². The lowest BCUT2D eigenvalue weighted by atomic mass is 10.1. The molecule has 1 aliphatic rings. The van der Waals surface area contributed by atoms with Crippen molar-refractivity contribution in [3.63, 3.8) is 0 Å². The summed E-state index contributed by atoms with van der Waals surface area (Å²) in [5.41, 5.74) is 2.66. The number of hydrogen-bond acceptors (Lipinski definition) is 5. The molecule has 1 amide bonds. The minimum absolute atomic E-state index is 0.109. The summed E-state index contributed by atoms with van der Waals surface area (Å²) in [6, 6.07) is 13.0. The average Bonchev–Trinajstić information content (AvgIpc) is 2.61. The van der Waals surface area contributed by atoms with Gasteiger partial charge in [-0.3, -0.25) is 9.59 Å². The first-order valence-electron chi connectivity index (χ1n) is 8.46. The third-order valence-electron chi connectivity index (χ3n) is 4.06. The van der Waals surface area contributed by atoms with Crippen molar-refractivity contribution in [3.8, 4) is 11.5 Å². The quantitative estimate of drug-likeness (QED) is 0.637. The van der Waals surface area contributed by atoms with Crippen LogP contribution in [-0.2, 0) is 14.3 Å². The molecule has 0 radical (unpaired) electrons. The maximum absolute atomic E-state index is 12.0. The van der Waals surface area contributed by atoms with Gasteiger partial charge in [0.25, 0.3) is 5.91 Å². The normalized spacial score (nSPS) is 15.5. The van der Waals surface area contributed by atoms with Crippen LogP contribution in [0, 0.1) is 13.8 Å². The Morgan fingerprint density at radius 1 is 1.08 bits per heavy atom. The van der Waals surface area contributed by atoms with E-state index in [0.29, 0.717) is 11.4 Å². The summed E-state index contributed by atoms with van der Waals surface area (Å²) in [5.74, 6) is 0.487. The maximum Gasteiger partial charge on any atom is 0.310 e. The summed E-state index contributed by atoms with van der Waals surface area (Å²) in [5, 5.41) is 2.72. The molecule has 1 N–H and O–H groups in total. The van der Waals surface area contributed by atoms with Crippen molar-refractivity contribution in [1.82, 2.24) is 0 Å². The third kappa shape index (κ3) is 4.14. The third-order valence-corrected chi connectivity index (χ3v) is 4.06. The van der Waals surface area contributed by atoms with E-state index in [4.69, 9.17) is 14.2 Å². The summed E-state index contributed by atoms with van der Waals surface area (Å²) >= 11 is 0. The predicted octanol–water partition coefficient (Wildman–Crippen LogP) is 3.02. The van der Waals surface area contributed by atoms with Crippen LogP contribution in [-0.4, -0.2) is 31.2 Å². The fourth-order valence-corrected chi connectivity index (χ4v) is 2.76. The molecule has 0 bridgehead atoms. The van der Waals surface area contributed by atoms with Crippen molar-refractivity contribution in [2.45, 2.75) is 26.4 Å². The first kappa shape index (κ1) is 17.8. The van der Waals surface area contributed by atoms with Crippen LogP contribution in [0.3, 0.4) is 0 Å². The van der Waals surface area contributed by atoms with E-state index in [0.717, 1.165) is 16.9 Å². The molecule has 6 nitrogen and oxygen atoms in total. The van der Waals surface area contributed by atoms with Gasteiger partial charge < -0.3 is 19.5 Å². The van der Waals surface area contributed by atoms with Gasteiger partial charge in [-0.05, 0) is 37.1 Å². The van der Waals surface area contributed by atoms with E-state index in [1.54, 1.807) is 24.3 Å². The molecule has 0 saturated carbocycles. The lowest BCUT2D eigenvalue weighted by Gasteiger charge is -2.25. The molecule has 2 aromatic rings. The van der Waals surface area contributed by atoms with Crippen molar-refractivity contribution >= 4 is 17.6 Å². The molecule has 0 aromatic heterocycles. The topological polar surface area (TPSA) is 73.9 Å². The molecule has 0 fully saturated rings. The Kier molecular flexibility index (Phi) is 5.41. The standard InChI is InChI=1S/C20H21NO5/c1-13-6-5-7-14(2)19(13)25-11-10-24-18(22)12-17-20(23)21-15-8-3-4-9-16(15)26-17/h3-9,17H,10-12H2,1-2H3,(H,21,23)/t17-/m0/s1. The Hall–Kier alpha value is -3.02. The number of fused-ring (bicyclic) bond motifs is 1. The molecule has 136 valence electrons. The fraction of sp³-hybridized carbons (Fsp3) is 0.300. The molecule has 2 aromatic carbocycles. The Morgan fingerprint density at radius 2 is 1.81 bits per heavy atom. The second kappa shape index (κ2) is 7.91. The number of hydrogen-bond donors (Lipinski definition) is 1. The van der Waals surface area contributed by atoms with E-state index < -0.39 is 12.1 Å². The summed E-state index contributed by atoms with van der Waals surface area (Å²) in [6.07, 6.45) is -1.04. The monoisotopic (exact) mass is 355 g/mol. The van der Waals surface area contributed by atoms with Crippen LogP contribution < -0.4 is 14.8 Å².